The Kier molecular flexibility index (Phi) is 4.01. The summed E-state index contributed by atoms with van der Waals surface area (Å²) in [5.41, 5.74) is 2.97. The van der Waals surface area contributed by atoms with Crippen LogP contribution in [0.4, 0.5) is 4.39 Å². The van der Waals surface area contributed by atoms with Crippen LogP contribution in [0.2, 0.25) is 0 Å². The minimum absolute atomic E-state index is 0.0958. The van der Waals surface area contributed by atoms with Crippen LogP contribution in [0.1, 0.15) is 15.9 Å². The Bertz CT molecular complexity index is 906. The van der Waals surface area contributed by atoms with Crippen LogP contribution < -0.4 is 5.43 Å². The van der Waals surface area contributed by atoms with Crippen LogP contribution in [-0.4, -0.2) is 17.2 Å². The molecule has 0 aromatic heterocycles. The summed E-state index contributed by atoms with van der Waals surface area (Å²) in [6.45, 7) is 0. The van der Waals surface area contributed by atoms with Gasteiger partial charge in [0.1, 0.15) is 11.6 Å². The summed E-state index contributed by atoms with van der Waals surface area (Å²) in [5.74, 6) is -1.02. The molecule has 3 rings (SSSR count). The molecule has 3 aromatic rings. The highest BCUT2D eigenvalue weighted by molar-refractivity contribution is 6.03. The van der Waals surface area contributed by atoms with Crippen molar-refractivity contribution in [3.8, 4) is 5.75 Å². The molecule has 0 saturated heterocycles. The maximum atomic E-state index is 13.0. The van der Waals surface area contributed by atoms with Gasteiger partial charge < -0.3 is 5.11 Å². The second-order valence-corrected chi connectivity index (χ2v) is 4.94. The molecular formula is C18H13FN2O2. The molecule has 0 aliphatic rings. The number of hydrogen-bond acceptors (Lipinski definition) is 3. The molecule has 114 valence electrons. The third-order valence-corrected chi connectivity index (χ3v) is 3.37. The minimum Gasteiger partial charge on any atom is -0.506 e. The van der Waals surface area contributed by atoms with Crippen LogP contribution in [0, 0.1) is 5.82 Å². The smallest absolute Gasteiger partial charge is 0.275 e. The molecule has 0 heterocycles. The number of hydrogen-bond donors (Lipinski definition) is 2. The summed E-state index contributed by atoms with van der Waals surface area (Å²) >= 11 is 0. The number of nitrogens with one attached hydrogen (secondary N) is 1. The Morgan fingerprint density at radius 3 is 2.74 bits per heavy atom. The van der Waals surface area contributed by atoms with Crippen molar-refractivity contribution >= 4 is 22.9 Å². The Labute approximate surface area is 131 Å². The SMILES string of the molecule is O=C(NN=Cc1cccc(F)c1)c1ccc2ccccc2c1O. The van der Waals surface area contributed by atoms with Crippen molar-refractivity contribution in [2.45, 2.75) is 0 Å². The number of carbonyl (C=O) groups is 1. The second kappa shape index (κ2) is 6.27. The van der Waals surface area contributed by atoms with Crippen LogP contribution in [0.15, 0.2) is 65.8 Å². The van der Waals surface area contributed by atoms with Crippen LogP contribution >= 0.6 is 0 Å². The molecule has 0 unspecified atom stereocenters. The zero-order valence-electron chi connectivity index (χ0n) is 12.0. The molecular weight excluding hydrogens is 295 g/mol. The van der Waals surface area contributed by atoms with Gasteiger partial charge in [0.25, 0.3) is 5.91 Å². The zero-order chi connectivity index (χ0) is 16.2. The van der Waals surface area contributed by atoms with E-state index in [0.717, 1.165) is 5.39 Å². The normalized spacial score (nSPS) is 11.0. The van der Waals surface area contributed by atoms with Gasteiger partial charge in [0.05, 0.1) is 11.8 Å². The molecule has 0 bridgehead atoms. The number of amides is 1. The predicted octanol–water partition coefficient (Wildman–Crippen LogP) is 3.45. The Morgan fingerprint density at radius 2 is 1.91 bits per heavy atom. The van der Waals surface area contributed by atoms with E-state index in [4.69, 9.17) is 0 Å². The van der Waals surface area contributed by atoms with Crippen LogP contribution in [0.25, 0.3) is 10.8 Å². The van der Waals surface area contributed by atoms with Gasteiger partial charge in [-0.3, -0.25) is 4.79 Å². The van der Waals surface area contributed by atoms with Crippen molar-refractivity contribution in [2.24, 2.45) is 5.10 Å². The summed E-state index contributed by atoms with van der Waals surface area (Å²) in [6.07, 6.45) is 1.33. The van der Waals surface area contributed by atoms with Gasteiger partial charge in [-0.25, -0.2) is 9.82 Å². The van der Waals surface area contributed by atoms with E-state index in [-0.39, 0.29) is 17.1 Å². The van der Waals surface area contributed by atoms with E-state index in [2.05, 4.69) is 10.5 Å². The van der Waals surface area contributed by atoms with Crippen molar-refractivity contribution in [2.75, 3.05) is 0 Å². The number of rotatable bonds is 3. The number of phenols is 1. The maximum absolute atomic E-state index is 13.0. The Hall–Kier alpha value is -3.21. The highest BCUT2D eigenvalue weighted by Crippen LogP contribution is 2.28. The van der Waals surface area contributed by atoms with E-state index in [1.165, 1.54) is 24.4 Å². The Balaban J connectivity index is 1.80. The fourth-order valence-electron chi connectivity index (χ4n) is 2.25. The van der Waals surface area contributed by atoms with E-state index < -0.39 is 5.91 Å². The highest BCUT2D eigenvalue weighted by Gasteiger charge is 2.12. The maximum Gasteiger partial charge on any atom is 0.275 e. The third-order valence-electron chi connectivity index (χ3n) is 3.37. The molecule has 0 fully saturated rings. The van der Waals surface area contributed by atoms with Crippen LogP contribution in [0.5, 0.6) is 5.75 Å². The van der Waals surface area contributed by atoms with Gasteiger partial charge in [0, 0.05) is 5.39 Å². The number of halogens is 1. The summed E-state index contributed by atoms with van der Waals surface area (Å²) in [4.78, 5) is 12.1. The molecule has 2 N–H and O–H groups in total. The van der Waals surface area contributed by atoms with Crippen molar-refractivity contribution in [3.63, 3.8) is 0 Å². The third kappa shape index (κ3) is 3.18. The van der Waals surface area contributed by atoms with Crippen LogP contribution in [-0.2, 0) is 0 Å². The average Bonchev–Trinajstić information content (AvgIpc) is 2.55. The van der Waals surface area contributed by atoms with Gasteiger partial charge in [0.15, 0.2) is 0 Å². The first-order chi connectivity index (χ1) is 11.1. The summed E-state index contributed by atoms with van der Waals surface area (Å²) in [5, 5.41) is 15.4. The van der Waals surface area contributed by atoms with E-state index in [1.54, 1.807) is 30.3 Å². The van der Waals surface area contributed by atoms with Crippen molar-refractivity contribution in [1.29, 1.82) is 0 Å². The monoisotopic (exact) mass is 308 g/mol. The minimum atomic E-state index is -0.541. The van der Waals surface area contributed by atoms with Gasteiger partial charge >= 0.3 is 0 Å². The largest absolute Gasteiger partial charge is 0.506 e. The average molecular weight is 308 g/mol. The standard InChI is InChI=1S/C18H13FN2O2/c19-14-6-3-4-12(10-14)11-20-21-18(23)16-9-8-13-5-1-2-7-15(13)17(16)22/h1-11,22H,(H,21,23). The number of hydrazone groups is 1. The lowest BCUT2D eigenvalue weighted by atomic mass is 10.1. The molecule has 23 heavy (non-hydrogen) atoms. The lowest BCUT2D eigenvalue weighted by Crippen LogP contribution is -2.17. The molecule has 3 aromatic carbocycles. The fraction of sp³-hybridized carbons (Fsp3) is 0. The number of phenolic OH excluding ortho intramolecular Hbond substituents is 1. The Morgan fingerprint density at radius 1 is 1.09 bits per heavy atom. The molecule has 0 aliphatic heterocycles. The predicted molar refractivity (Wildman–Crippen MR) is 87.1 cm³/mol. The lowest BCUT2D eigenvalue weighted by molar-refractivity contribution is 0.0952. The molecule has 5 heteroatoms. The number of fused-ring (bicyclic) bond motifs is 1. The van der Waals surface area contributed by atoms with E-state index >= 15 is 0 Å². The van der Waals surface area contributed by atoms with E-state index in [9.17, 15) is 14.3 Å². The quantitative estimate of drug-likeness (QED) is 0.575. The molecule has 0 radical (unpaired) electrons. The van der Waals surface area contributed by atoms with Gasteiger partial charge in [-0.15, -0.1) is 0 Å². The number of nitrogens with zero attached hydrogens (tertiary/aromatic N) is 1. The molecule has 0 spiro atoms. The molecule has 1 amide bonds. The zero-order valence-corrected chi connectivity index (χ0v) is 12.0. The second-order valence-electron chi connectivity index (χ2n) is 4.94. The number of carbonyl (C=O) groups excluding carboxylic acids is 1. The van der Waals surface area contributed by atoms with Gasteiger partial charge in [-0.2, -0.15) is 5.10 Å². The summed E-state index contributed by atoms with van der Waals surface area (Å²) in [7, 11) is 0. The van der Waals surface area contributed by atoms with Gasteiger partial charge in [-0.1, -0.05) is 42.5 Å². The number of aromatic hydroxyl groups is 1. The first-order valence-electron chi connectivity index (χ1n) is 6.95. The van der Waals surface area contributed by atoms with Gasteiger partial charge in [0.2, 0.25) is 0 Å². The molecule has 4 nitrogen and oxygen atoms in total. The first-order valence-corrected chi connectivity index (χ1v) is 6.95. The fourth-order valence-corrected chi connectivity index (χ4v) is 2.25. The summed E-state index contributed by atoms with van der Waals surface area (Å²) in [6, 6.07) is 16.3. The highest BCUT2D eigenvalue weighted by atomic mass is 19.1. The number of benzene rings is 3. The van der Waals surface area contributed by atoms with E-state index in [0.29, 0.717) is 10.9 Å². The molecule has 0 atom stereocenters. The topological polar surface area (TPSA) is 61.7 Å². The van der Waals surface area contributed by atoms with E-state index in [1.807, 2.05) is 12.1 Å². The van der Waals surface area contributed by atoms with Crippen molar-refractivity contribution in [1.82, 2.24) is 5.43 Å². The lowest BCUT2D eigenvalue weighted by Gasteiger charge is -2.06. The first kappa shape index (κ1) is 14.7. The molecule has 0 saturated carbocycles. The van der Waals surface area contributed by atoms with Crippen molar-refractivity contribution in [3.05, 3.63) is 77.6 Å². The summed E-state index contributed by atoms with van der Waals surface area (Å²) < 4.78 is 13.0. The van der Waals surface area contributed by atoms with Crippen molar-refractivity contribution < 1.29 is 14.3 Å². The van der Waals surface area contributed by atoms with Crippen LogP contribution in [0.3, 0.4) is 0 Å². The van der Waals surface area contributed by atoms with Gasteiger partial charge in [-0.05, 0) is 29.1 Å². The molecule has 0 aliphatic carbocycles.